The van der Waals surface area contributed by atoms with Crippen LogP contribution in [-0.2, 0) is 11.3 Å². The van der Waals surface area contributed by atoms with Gasteiger partial charge in [0.2, 0.25) is 0 Å². The van der Waals surface area contributed by atoms with Crippen molar-refractivity contribution in [2.24, 2.45) is 0 Å². The molecule has 1 aromatic carbocycles. The Hall–Kier alpha value is -2.47. The maximum atomic E-state index is 12.1. The summed E-state index contributed by atoms with van der Waals surface area (Å²) in [6.45, 7) is 3.61. The quantitative estimate of drug-likeness (QED) is 0.729. The van der Waals surface area contributed by atoms with Crippen LogP contribution in [0.25, 0.3) is 10.2 Å². The summed E-state index contributed by atoms with van der Waals surface area (Å²) in [5.41, 5.74) is 5.81. The van der Waals surface area contributed by atoms with Crippen molar-refractivity contribution < 1.29 is 9.53 Å². The van der Waals surface area contributed by atoms with Crippen LogP contribution in [0.3, 0.4) is 0 Å². The third-order valence-corrected chi connectivity index (χ3v) is 5.05. The first-order chi connectivity index (χ1) is 11.7. The molecule has 0 saturated carbocycles. The molecule has 4 rings (SSSR count). The molecule has 0 spiro atoms. The lowest BCUT2D eigenvalue weighted by Gasteiger charge is -2.38. The van der Waals surface area contributed by atoms with Crippen molar-refractivity contribution in [1.29, 1.82) is 0 Å². The van der Waals surface area contributed by atoms with Gasteiger partial charge < -0.3 is 9.64 Å². The van der Waals surface area contributed by atoms with Crippen molar-refractivity contribution in [2.75, 3.05) is 13.1 Å². The number of carbonyl (C=O) groups is 1. The summed E-state index contributed by atoms with van der Waals surface area (Å²) in [6.07, 6.45) is -0.259. The Balaban J connectivity index is 1.36. The maximum absolute atomic E-state index is 12.1. The van der Waals surface area contributed by atoms with Gasteiger partial charge in [0.05, 0.1) is 15.9 Å². The van der Waals surface area contributed by atoms with E-state index in [0.717, 1.165) is 27.2 Å². The van der Waals surface area contributed by atoms with Crippen LogP contribution >= 0.6 is 11.3 Å². The van der Waals surface area contributed by atoms with Gasteiger partial charge in [-0.05, 0) is 18.6 Å². The predicted molar refractivity (Wildman–Crippen MR) is 93.1 cm³/mol. The van der Waals surface area contributed by atoms with Crippen molar-refractivity contribution in [3.05, 3.63) is 58.9 Å². The summed E-state index contributed by atoms with van der Waals surface area (Å²) in [4.78, 5) is 22.8. The Kier molecular flexibility index (Phi) is 3.90. The van der Waals surface area contributed by atoms with E-state index in [1.807, 2.05) is 42.8 Å². The Labute approximate surface area is 143 Å². The monoisotopic (exact) mass is 339 g/mol. The summed E-state index contributed by atoms with van der Waals surface area (Å²) in [6, 6.07) is 11.8. The standard InChI is InChI=1S/C18H17N3O2S/c1-12-17-16(24-11-19-17)7-15(20-12)14-8-21(9-14)18(22)23-10-13-5-3-2-4-6-13/h2-7,11,14H,8-10H2,1H3. The zero-order valence-electron chi connectivity index (χ0n) is 13.3. The van der Waals surface area contributed by atoms with E-state index in [4.69, 9.17) is 4.74 Å². The topological polar surface area (TPSA) is 55.3 Å². The minimum Gasteiger partial charge on any atom is -0.445 e. The number of benzene rings is 1. The van der Waals surface area contributed by atoms with E-state index in [1.54, 1.807) is 16.2 Å². The Bertz CT molecular complexity index is 872. The average molecular weight is 339 g/mol. The third kappa shape index (κ3) is 2.85. The number of hydrogen-bond donors (Lipinski definition) is 0. The number of amides is 1. The molecule has 6 heteroatoms. The van der Waals surface area contributed by atoms with Gasteiger partial charge in [0.15, 0.2) is 0 Å². The van der Waals surface area contributed by atoms with E-state index in [-0.39, 0.29) is 12.0 Å². The molecule has 3 aromatic rings. The van der Waals surface area contributed by atoms with Crippen LogP contribution in [0, 0.1) is 6.92 Å². The van der Waals surface area contributed by atoms with Crippen LogP contribution < -0.4 is 0 Å². The molecule has 3 heterocycles. The van der Waals surface area contributed by atoms with Gasteiger partial charge >= 0.3 is 6.09 Å². The van der Waals surface area contributed by atoms with Crippen LogP contribution in [0.2, 0.25) is 0 Å². The van der Waals surface area contributed by atoms with Crippen molar-refractivity contribution in [3.8, 4) is 0 Å². The third-order valence-electron chi connectivity index (χ3n) is 4.28. The number of hydrogen-bond acceptors (Lipinski definition) is 5. The summed E-state index contributed by atoms with van der Waals surface area (Å²) >= 11 is 1.62. The second-order valence-corrected chi connectivity index (χ2v) is 6.86. The first-order valence-corrected chi connectivity index (χ1v) is 8.75. The Morgan fingerprint density at radius 2 is 2.12 bits per heavy atom. The maximum Gasteiger partial charge on any atom is 0.410 e. The van der Waals surface area contributed by atoms with Crippen LogP contribution in [-0.4, -0.2) is 34.1 Å². The lowest BCUT2D eigenvalue weighted by Crippen LogP contribution is -2.48. The van der Waals surface area contributed by atoms with Crippen molar-refractivity contribution in [1.82, 2.24) is 14.9 Å². The fraction of sp³-hybridized carbons (Fsp3) is 0.278. The average Bonchev–Trinajstić information content (AvgIpc) is 3.02. The molecule has 0 atom stereocenters. The number of aryl methyl sites for hydroxylation is 1. The summed E-state index contributed by atoms with van der Waals surface area (Å²) in [5, 5.41) is 0. The van der Waals surface area contributed by atoms with Gasteiger partial charge in [0, 0.05) is 24.7 Å². The molecule has 0 aliphatic carbocycles. The minimum absolute atomic E-state index is 0.259. The molecule has 1 aliphatic rings. The van der Waals surface area contributed by atoms with Gasteiger partial charge in [-0.2, -0.15) is 0 Å². The number of aromatic nitrogens is 2. The number of nitrogens with zero attached hydrogens (tertiary/aromatic N) is 3. The molecule has 1 fully saturated rings. The van der Waals surface area contributed by atoms with Crippen molar-refractivity contribution in [3.63, 3.8) is 0 Å². The lowest BCUT2D eigenvalue weighted by molar-refractivity contribution is 0.0657. The molecular formula is C18H17N3O2S. The molecule has 24 heavy (non-hydrogen) atoms. The highest BCUT2D eigenvalue weighted by atomic mass is 32.1. The van der Waals surface area contributed by atoms with Gasteiger partial charge in [0.1, 0.15) is 12.1 Å². The second kappa shape index (κ2) is 6.20. The van der Waals surface area contributed by atoms with E-state index in [1.165, 1.54) is 0 Å². The second-order valence-electron chi connectivity index (χ2n) is 5.97. The molecule has 1 saturated heterocycles. The summed E-state index contributed by atoms with van der Waals surface area (Å²) in [5.74, 6) is 0.277. The number of carbonyl (C=O) groups excluding carboxylic acids is 1. The van der Waals surface area contributed by atoms with Gasteiger partial charge in [-0.1, -0.05) is 30.3 Å². The molecule has 0 bridgehead atoms. The zero-order chi connectivity index (χ0) is 16.5. The highest BCUT2D eigenvalue weighted by Gasteiger charge is 2.34. The predicted octanol–water partition coefficient (Wildman–Crippen LogP) is 3.74. The normalized spacial score (nSPS) is 14.6. The van der Waals surface area contributed by atoms with Crippen LogP contribution in [0.4, 0.5) is 4.79 Å². The SMILES string of the molecule is Cc1nc(C2CN(C(=O)OCc3ccccc3)C2)cc2scnc12. The summed E-state index contributed by atoms with van der Waals surface area (Å²) < 4.78 is 6.51. The van der Waals surface area contributed by atoms with E-state index >= 15 is 0 Å². The lowest BCUT2D eigenvalue weighted by atomic mass is 9.96. The fourth-order valence-electron chi connectivity index (χ4n) is 2.88. The molecular weight excluding hydrogens is 322 g/mol. The van der Waals surface area contributed by atoms with E-state index in [0.29, 0.717) is 19.7 Å². The van der Waals surface area contributed by atoms with Gasteiger partial charge in [-0.25, -0.2) is 9.78 Å². The first kappa shape index (κ1) is 15.1. The molecule has 1 amide bonds. The van der Waals surface area contributed by atoms with Gasteiger partial charge in [-0.15, -0.1) is 11.3 Å². The molecule has 0 N–H and O–H groups in total. The van der Waals surface area contributed by atoms with Gasteiger partial charge in [0.25, 0.3) is 0 Å². The van der Waals surface area contributed by atoms with E-state index < -0.39 is 0 Å². The molecule has 5 nitrogen and oxygen atoms in total. The van der Waals surface area contributed by atoms with Crippen molar-refractivity contribution >= 4 is 27.6 Å². The number of rotatable bonds is 3. The largest absolute Gasteiger partial charge is 0.445 e. The van der Waals surface area contributed by atoms with Gasteiger partial charge in [-0.3, -0.25) is 4.98 Å². The molecule has 2 aromatic heterocycles. The number of ether oxygens (including phenoxy) is 1. The Morgan fingerprint density at radius 1 is 1.33 bits per heavy atom. The fourth-order valence-corrected chi connectivity index (χ4v) is 3.65. The number of thiazole rings is 1. The molecule has 0 radical (unpaired) electrons. The highest BCUT2D eigenvalue weighted by molar-refractivity contribution is 7.16. The van der Waals surface area contributed by atoms with Crippen LogP contribution in [0.5, 0.6) is 0 Å². The van der Waals surface area contributed by atoms with Crippen LogP contribution in [0.15, 0.2) is 41.9 Å². The van der Waals surface area contributed by atoms with Crippen molar-refractivity contribution in [2.45, 2.75) is 19.4 Å². The molecule has 122 valence electrons. The first-order valence-electron chi connectivity index (χ1n) is 7.87. The summed E-state index contributed by atoms with van der Waals surface area (Å²) in [7, 11) is 0. The minimum atomic E-state index is -0.259. The zero-order valence-corrected chi connectivity index (χ0v) is 14.1. The van der Waals surface area contributed by atoms with E-state index in [2.05, 4.69) is 16.0 Å². The van der Waals surface area contributed by atoms with Crippen LogP contribution in [0.1, 0.15) is 22.9 Å². The molecule has 0 unspecified atom stereocenters. The highest BCUT2D eigenvalue weighted by Crippen LogP contribution is 2.30. The number of fused-ring (bicyclic) bond motifs is 1. The Morgan fingerprint density at radius 3 is 2.92 bits per heavy atom. The number of likely N-dealkylation sites (tertiary alicyclic amines) is 1. The molecule has 1 aliphatic heterocycles. The number of pyridine rings is 1. The van der Waals surface area contributed by atoms with E-state index in [9.17, 15) is 4.79 Å². The smallest absolute Gasteiger partial charge is 0.410 e.